The van der Waals surface area contributed by atoms with Crippen LogP contribution in [-0.4, -0.2) is 31.3 Å². The minimum absolute atomic E-state index is 0.0310. The number of nitrogens with zero attached hydrogens (tertiary/aromatic N) is 2. The van der Waals surface area contributed by atoms with Crippen LogP contribution in [0.4, 0.5) is 23.2 Å². The van der Waals surface area contributed by atoms with Crippen LogP contribution in [0.2, 0.25) is 0 Å². The van der Waals surface area contributed by atoms with Crippen molar-refractivity contribution in [3.05, 3.63) is 59.4 Å². The van der Waals surface area contributed by atoms with Gasteiger partial charge in [-0.1, -0.05) is 18.2 Å². The Labute approximate surface area is 154 Å². The van der Waals surface area contributed by atoms with Gasteiger partial charge in [0.1, 0.15) is 5.82 Å². The Morgan fingerprint density at radius 3 is 2.56 bits per heavy atom. The summed E-state index contributed by atoms with van der Waals surface area (Å²) in [5, 5.41) is 2.58. The lowest BCUT2D eigenvalue weighted by molar-refractivity contribution is -0.274. The number of para-hydroxylation sites is 2. The van der Waals surface area contributed by atoms with Crippen molar-refractivity contribution in [3.63, 3.8) is 0 Å². The summed E-state index contributed by atoms with van der Waals surface area (Å²) in [5.41, 5.74) is 7.02. The van der Waals surface area contributed by atoms with E-state index in [2.05, 4.69) is 15.0 Å². The lowest BCUT2D eigenvalue weighted by atomic mass is 10.1. The monoisotopic (exact) mass is 384 g/mol. The summed E-state index contributed by atoms with van der Waals surface area (Å²) in [7, 11) is 3.65. The molecule has 0 radical (unpaired) electrons. The summed E-state index contributed by atoms with van der Waals surface area (Å²) in [5.74, 6) is -0.828. The van der Waals surface area contributed by atoms with Gasteiger partial charge in [-0.25, -0.2) is 9.38 Å². The van der Waals surface area contributed by atoms with E-state index in [1.165, 1.54) is 24.3 Å². The van der Waals surface area contributed by atoms with Gasteiger partial charge >= 0.3 is 6.36 Å². The smallest absolute Gasteiger partial charge is 0.404 e. The van der Waals surface area contributed by atoms with Gasteiger partial charge in [0, 0.05) is 12.1 Å². The molecule has 2 aromatic carbocycles. The molecule has 146 valence electrons. The molecule has 3 N–H and O–H groups in total. The van der Waals surface area contributed by atoms with Gasteiger partial charge in [-0.3, -0.25) is 0 Å². The predicted molar refractivity (Wildman–Crippen MR) is 95.9 cm³/mol. The van der Waals surface area contributed by atoms with E-state index in [1.54, 1.807) is 12.1 Å². The summed E-state index contributed by atoms with van der Waals surface area (Å²) in [4.78, 5) is 5.92. The van der Waals surface area contributed by atoms with Crippen LogP contribution in [-0.2, 0) is 13.1 Å². The average Bonchev–Trinajstić information content (AvgIpc) is 2.55. The molecule has 0 aliphatic rings. The zero-order valence-electron chi connectivity index (χ0n) is 14.8. The number of guanidine groups is 1. The zero-order chi connectivity index (χ0) is 20.0. The maximum absolute atomic E-state index is 13.8. The number of benzene rings is 2. The molecule has 0 aliphatic carbocycles. The molecule has 0 amide bonds. The largest absolute Gasteiger partial charge is 0.573 e. The third-order valence-corrected chi connectivity index (χ3v) is 3.40. The molecule has 0 heterocycles. The maximum atomic E-state index is 13.8. The van der Waals surface area contributed by atoms with Crippen molar-refractivity contribution in [3.8, 4) is 5.75 Å². The number of hydrogen-bond acceptors (Lipinski definition) is 3. The molecule has 5 nitrogen and oxygen atoms in total. The van der Waals surface area contributed by atoms with Crippen LogP contribution in [0.25, 0.3) is 0 Å². The Hall–Kier alpha value is -2.81. The van der Waals surface area contributed by atoms with Gasteiger partial charge in [-0.05, 0) is 43.9 Å². The van der Waals surface area contributed by atoms with E-state index in [1.807, 2.05) is 19.0 Å². The van der Waals surface area contributed by atoms with E-state index in [-0.39, 0.29) is 24.0 Å². The standard InChI is InChI=1S/C18H20F4N4O/c1-26(2)11-13-9-12(7-8-14(13)19)10-24-17(23)25-15-5-3-4-6-16(15)27-18(20,21)22/h3-9H,10-11H2,1-2H3,(H3,23,24,25). The molecule has 9 heteroatoms. The van der Waals surface area contributed by atoms with Gasteiger partial charge in [-0.15, -0.1) is 13.2 Å². The van der Waals surface area contributed by atoms with Crippen LogP contribution in [0.15, 0.2) is 47.5 Å². The first-order chi connectivity index (χ1) is 12.6. The number of hydrogen-bond donors (Lipinski definition) is 2. The molecule has 0 spiro atoms. The number of anilines is 1. The normalized spacial score (nSPS) is 12.3. The number of ether oxygens (including phenoxy) is 1. The van der Waals surface area contributed by atoms with Crippen molar-refractivity contribution in [2.24, 2.45) is 10.7 Å². The summed E-state index contributed by atoms with van der Waals surface area (Å²) >= 11 is 0. The van der Waals surface area contributed by atoms with Gasteiger partial charge in [0.15, 0.2) is 11.7 Å². The molecule has 0 aromatic heterocycles. The first kappa shape index (κ1) is 20.5. The minimum Gasteiger partial charge on any atom is -0.404 e. The molecule has 2 rings (SSSR count). The lowest BCUT2D eigenvalue weighted by Gasteiger charge is -2.14. The third-order valence-electron chi connectivity index (χ3n) is 3.40. The van der Waals surface area contributed by atoms with Crippen LogP contribution in [0.5, 0.6) is 5.75 Å². The van der Waals surface area contributed by atoms with Crippen molar-refractivity contribution in [2.75, 3.05) is 19.4 Å². The highest BCUT2D eigenvalue weighted by Gasteiger charge is 2.32. The van der Waals surface area contributed by atoms with Crippen molar-refractivity contribution in [1.82, 2.24) is 4.90 Å². The quantitative estimate of drug-likeness (QED) is 0.453. The van der Waals surface area contributed by atoms with E-state index in [4.69, 9.17) is 5.73 Å². The Morgan fingerprint density at radius 1 is 1.19 bits per heavy atom. The maximum Gasteiger partial charge on any atom is 0.573 e. The highest BCUT2D eigenvalue weighted by Crippen LogP contribution is 2.29. The summed E-state index contributed by atoms with van der Waals surface area (Å²) in [6.07, 6.45) is -4.82. The van der Waals surface area contributed by atoms with Crippen LogP contribution in [0.1, 0.15) is 11.1 Å². The van der Waals surface area contributed by atoms with Gasteiger partial charge in [0.05, 0.1) is 12.2 Å². The Morgan fingerprint density at radius 2 is 1.89 bits per heavy atom. The number of nitrogens with two attached hydrogens (primary N) is 1. The topological polar surface area (TPSA) is 62.9 Å². The van der Waals surface area contributed by atoms with Crippen LogP contribution < -0.4 is 15.8 Å². The fraction of sp³-hybridized carbons (Fsp3) is 0.278. The molecule has 2 aromatic rings. The molecule has 0 bridgehead atoms. The Bertz CT molecular complexity index is 806. The Balaban J connectivity index is 2.09. The molecule has 0 saturated heterocycles. The molecule has 27 heavy (non-hydrogen) atoms. The lowest BCUT2D eigenvalue weighted by Crippen LogP contribution is -2.24. The zero-order valence-corrected chi connectivity index (χ0v) is 14.8. The summed E-state index contributed by atoms with van der Waals surface area (Å²) in [6, 6.07) is 10.1. The van der Waals surface area contributed by atoms with Gasteiger partial charge < -0.3 is 20.7 Å². The first-order valence-corrected chi connectivity index (χ1v) is 7.98. The summed E-state index contributed by atoms with van der Waals surface area (Å²) < 4.78 is 55.1. The second-order valence-corrected chi connectivity index (χ2v) is 6.03. The van der Waals surface area contributed by atoms with E-state index in [9.17, 15) is 17.6 Å². The molecule has 0 aliphatic heterocycles. The fourth-order valence-electron chi connectivity index (χ4n) is 2.33. The van der Waals surface area contributed by atoms with Crippen molar-refractivity contribution < 1.29 is 22.3 Å². The number of alkyl halides is 3. The van der Waals surface area contributed by atoms with Gasteiger partial charge in [0.2, 0.25) is 0 Å². The SMILES string of the molecule is CN(C)Cc1cc(CN=C(N)Nc2ccccc2OC(F)(F)F)ccc1F. The van der Waals surface area contributed by atoms with E-state index in [0.29, 0.717) is 12.1 Å². The molecule has 0 atom stereocenters. The number of rotatable bonds is 6. The second-order valence-electron chi connectivity index (χ2n) is 6.03. The van der Waals surface area contributed by atoms with Crippen LogP contribution >= 0.6 is 0 Å². The van der Waals surface area contributed by atoms with Crippen molar-refractivity contribution in [1.29, 1.82) is 0 Å². The summed E-state index contributed by atoms with van der Waals surface area (Å²) in [6.45, 7) is 0.571. The highest BCUT2D eigenvalue weighted by molar-refractivity contribution is 5.93. The molecule has 0 unspecified atom stereocenters. The van der Waals surface area contributed by atoms with Crippen LogP contribution in [0.3, 0.4) is 0 Å². The number of nitrogens with one attached hydrogen (secondary N) is 1. The predicted octanol–water partition coefficient (Wildman–Crippen LogP) is 3.71. The van der Waals surface area contributed by atoms with E-state index < -0.39 is 12.1 Å². The number of aliphatic imine (C=N–C) groups is 1. The van der Waals surface area contributed by atoms with Crippen LogP contribution in [0, 0.1) is 5.82 Å². The third kappa shape index (κ3) is 6.78. The molecule has 0 saturated carbocycles. The van der Waals surface area contributed by atoms with E-state index >= 15 is 0 Å². The van der Waals surface area contributed by atoms with E-state index in [0.717, 1.165) is 11.6 Å². The van der Waals surface area contributed by atoms with Gasteiger partial charge in [-0.2, -0.15) is 0 Å². The Kier molecular flexibility index (Phi) is 6.62. The number of halogens is 4. The van der Waals surface area contributed by atoms with Gasteiger partial charge in [0.25, 0.3) is 0 Å². The molecular weight excluding hydrogens is 364 g/mol. The fourth-order valence-corrected chi connectivity index (χ4v) is 2.33. The average molecular weight is 384 g/mol. The highest BCUT2D eigenvalue weighted by atomic mass is 19.4. The van der Waals surface area contributed by atoms with Crippen molar-refractivity contribution >= 4 is 11.6 Å². The first-order valence-electron chi connectivity index (χ1n) is 7.98. The minimum atomic E-state index is -4.82. The second kappa shape index (κ2) is 8.72. The molecule has 0 fully saturated rings. The molecular formula is C18H20F4N4O. The van der Waals surface area contributed by atoms with Crippen molar-refractivity contribution in [2.45, 2.75) is 19.5 Å².